The maximum Gasteiger partial charge on any atom is 0.272 e. The molecular weight excluding hydrogens is 514 g/mol. The second-order valence-corrected chi connectivity index (χ2v) is 7.91. The minimum atomic E-state index is -0.650. The molecule has 10 heteroatoms. The first-order valence-electron chi connectivity index (χ1n) is 9.45. The Balaban J connectivity index is 1.95. The second kappa shape index (κ2) is 10.8. The summed E-state index contributed by atoms with van der Waals surface area (Å²) < 4.78 is 5.64. The summed E-state index contributed by atoms with van der Waals surface area (Å²) in [5.41, 5.74) is 0.758. The molecule has 0 saturated carbocycles. The third kappa shape index (κ3) is 6.18. The van der Waals surface area contributed by atoms with Gasteiger partial charge >= 0.3 is 0 Å². The molecule has 0 bridgehead atoms. The lowest BCUT2D eigenvalue weighted by atomic mass is 10.1. The van der Waals surface area contributed by atoms with Crippen molar-refractivity contribution in [1.82, 2.24) is 5.32 Å². The van der Waals surface area contributed by atoms with Gasteiger partial charge in [0.2, 0.25) is 0 Å². The quantitative estimate of drug-likeness (QED) is 0.240. The SMILES string of the molecule is COc1ccc(NC(=O)C(=Cc2cccc([N+](=O)[O-])c2)NC(=O)c2ccccc2Br)cc1Cl. The van der Waals surface area contributed by atoms with Crippen LogP contribution in [0.15, 0.2) is 76.9 Å². The van der Waals surface area contributed by atoms with Crippen LogP contribution in [0.4, 0.5) is 11.4 Å². The topological polar surface area (TPSA) is 111 Å². The molecule has 8 nitrogen and oxygen atoms in total. The van der Waals surface area contributed by atoms with Crippen molar-refractivity contribution < 1.29 is 19.2 Å². The first-order valence-corrected chi connectivity index (χ1v) is 10.6. The Labute approximate surface area is 202 Å². The molecule has 0 aliphatic rings. The molecule has 168 valence electrons. The summed E-state index contributed by atoms with van der Waals surface area (Å²) in [6.07, 6.45) is 1.35. The molecule has 0 aliphatic carbocycles. The van der Waals surface area contributed by atoms with E-state index in [1.54, 1.807) is 42.5 Å². The second-order valence-electron chi connectivity index (χ2n) is 6.65. The molecule has 3 aromatic rings. The first-order chi connectivity index (χ1) is 15.8. The van der Waals surface area contributed by atoms with Crippen molar-refractivity contribution in [3.8, 4) is 5.75 Å². The average Bonchev–Trinajstić information content (AvgIpc) is 2.79. The van der Waals surface area contributed by atoms with Gasteiger partial charge in [-0.3, -0.25) is 19.7 Å². The van der Waals surface area contributed by atoms with Gasteiger partial charge in [-0.15, -0.1) is 0 Å². The maximum absolute atomic E-state index is 13.0. The van der Waals surface area contributed by atoms with Gasteiger partial charge in [0, 0.05) is 22.3 Å². The zero-order valence-electron chi connectivity index (χ0n) is 17.2. The largest absolute Gasteiger partial charge is 0.495 e. The Morgan fingerprint density at radius 1 is 1.09 bits per heavy atom. The number of carbonyl (C=O) groups is 2. The van der Waals surface area contributed by atoms with Crippen LogP contribution < -0.4 is 15.4 Å². The fraction of sp³-hybridized carbons (Fsp3) is 0.0435. The molecule has 0 aliphatic heterocycles. The smallest absolute Gasteiger partial charge is 0.272 e. The zero-order valence-corrected chi connectivity index (χ0v) is 19.5. The fourth-order valence-corrected chi connectivity index (χ4v) is 3.55. The fourth-order valence-electron chi connectivity index (χ4n) is 2.83. The highest BCUT2D eigenvalue weighted by molar-refractivity contribution is 9.10. The van der Waals surface area contributed by atoms with Crippen LogP contribution in [-0.4, -0.2) is 23.8 Å². The number of hydrogen-bond acceptors (Lipinski definition) is 5. The molecule has 0 heterocycles. The molecule has 0 atom stereocenters. The van der Waals surface area contributed by atoms with Crippen LogP contribution >= 0.6 is 27.5 Å². The van der Waals surface area contributed by atoms with Crippen LogP contribution in [0.2, 0.25) is 5.02 Å². The van der Waals surface area contributed by atoms with Crippen molar-refractivity contribution in [2.75, 3.05) is 12.4 Å². The van der Waals surface area contributed by atoms with Gasteiger partial charge in [-0.05, 0) is 57.9 Å². The van der Waals surface area contributed by atoms with E-state index in [-0.39, 0.29) is 16.4 Å². The van der Waals surface area contributed by atoms with E-state index in [0.717, 1.165) is 0 Å². The monoisotopic (exact) mass is 529 g/mol. The number of nitro benzene ring substituents is 1. The lowest BCUT2D eigenvalue weighted by molar-refractivity contribution is -0.384. The van der Waals surface area contributed by atoms with E-state index in [0.29, 0.717) is 27.0 Å². The summed E-state index contributed by atoms with van der Waals surface area (Å²) >= 11 is 9.43. The average molecular weight is 531 g/mol. The van der Waals surface area contributed by atoms with Crippen LogP contribution in [0.3, 0.4) is 0 Å². The zero-order chi connectivity index (χ0) is 24.0. The number of anilines is 1. The van der Waals surface area contributed by atoms with E-state index in [1.165, 1.54) is 37.5 Å². The van der Waals surface area contributed by atoms with Gasteiger partial charge in [0.1, 0.15) is 11.4 Å². The summed E-state index contributed by atoms with van der Waals surface area (Å²) in [7, 11) is 1.47. The number of nitrogens with zero attached hydrogens (tertiary/aromatic N) is 1. The number of ether oxygens (including phenoxy) is 1. The lowest BCUT2D eigenvalue weighted by Crippen LogP contribution is -2.31. The normalized spacial score (nSPS) is 10.9. The number of amides is 2. The van der Waals surface area contributed by atoms with Crippen LogP contribution in [0.5, 0.6) is 5.75 Å². The van der Waals surface area contributed by atoms with Gasteiger partial charge in [0.05, 0.1) is 22.6 Å². The van der Waals surface area contributed by atoms with Crippen molar-refractivity contribution in [3.05, 3.63) is 103 Å². The third-order valence-corrected chi connectivity index (χ3v) is 5.40. The molecule has 0 aromatic heterocycles. The van der Waals surface area contributed by atoms with E-state index in [4.69, 9.17) is 16.3 Å². The standard InChI is InChI=1S/C23H17BrClN3O5/c1-33-21-10-9-15(13-19(21)25)26-23(30)20(12-14-5-4-6-16(11-14)28(31)32)27-22(29)17-7-2-3-8-18(17)24/h2-13H,1H3,(H,26,30)(H,27,29). The van der Waals surface area contributed by atoms with Crippen LogP contribution in [0.25, 0.3) is 6.08 Å². The van der Waals surface area contributed by atoms with Gasteiger partial charge in [-0.25, -0.2) is 0 Å². The summed E-state index contributed by atoms with van der Waals surface area (Å²) in [6, 6.07) is 17.1. The number of hydrogen-bond donors (Lipinski definition) is 2. The van der Waals surface area contributed by atoms with Crippen molar-refractivity contribution in [1.29, 1.82) is 0 Å². The molecule has 2 N–H and O–H groups in total. The van der Waals surface area contributed by atoms with Gasteiger partial charge < -0.3 is 15.4 Å². The van der Waals surface area contributed by atoms with Crippen LogP contribution in [0, 0.1) is 10.1 Å². The van der Waals surface area contributed by atoms with Crippen molar-refractivity contribution in [2.45, 2.75) is 0 Å². The number of halogens is 2. The van der Waals surface area contributed by atoms with Crippen LogP contribution in [0.1, 0.15) is 15.9 Å². The summed E-state index contributed by atoms with van der Waals surface area (Å²) in [5.74, 6) is -0.755. The molecule has 33 heavy (non-hydrogen) atoms. The Morgan fingerprint density at radius 3 is 2.52 bits per heavy atom. The minimum absolute atomic E-state index is 0.122. The Kier molecular flexibility index (Phi) is 7.81. The minimum Gasteiger partial charge on any atom is -0.495 e. The van der Waals surface area contributed by atoms with E-state index in [1.807, 2.05) is 0 Å². The van der Waals surface area contributed by atoms with Gasteiger partial charge in [-0.2, -0.15) is 0 Å². The molecule has 3 rings (SSSR count). The van der Waals surface area contributed by atoms with Crippen LogP contribution in [-0.2, 0) is 4.79 Å². The molecule has 0 radical (unpaired) electrons. The summed E-state index contributed by atoms with van der Waals surface area (Å²) in [4.78, 5) is 36.4. The number of nitrogens with one attached hydrogen (secondary N) is 2. The summed E-state index contributed by atoms with van der Waals surface area (Å²) in [6.45, 7) is 0. The molecule has 0 saturated heterocycles. The number of non-ortho nitro benzene ring substituents is 1. The van der Waals surface area contributed by atoms with E-state index < -0.39 is 16.7 Å². The van der Waals surface area contributed by atoms with Crippen molar-refractivity contribution in [3.63, 3.8) is 0 Å². The van der Waals surface area contributed by atoms with Crippen molar-refractivity contribution >= 4 is 56.8 Å². The molecule has 0 spiro atoms. The lowest BCUT2D eigenvalue weighted by Gasteiger charge is -2.13. The first kappa shape index (κ1) is 24.0. The highest BCUT2D eigenvalue weighted by atomic mass is 79.9. The number of carbonyl (C=O) groups excluding carboxylic acids is 2. The maximum atomic E-state index is 13.0. The molecule has 0 unspecified atom stereocenters. The predicted molar refractivity (Wildman–Crippen MR) is 129 cm³/mol. The Morgan fingerprint density at radius 2 is 1.85 bits per heavy atom. The van der Waals surface area contributed by atoms with E-state index in [2.05, 4.69) is 26.6 Å². The highest BCUT2D eigenvalue weighted by Crippen LogP contribution is 2.27. The molecule has 3 aromatic carbocycles. The van der Waals surface area contributed by atoms with Gasteiger partial charge in [0.15, 0.2) is 0 Å². The number of nitro groups is 1. The Hall–Kier alpha value is -3.69. The number of rotatable bonds is 7. The van der Waals surface area contributed by atoms with Crippen molar-refractivity contribution in [2.24, 2.45) is 0 Å². The number of benzene rings is 3. The molecular formula is C23H17BrClN3O5. The molecule has 0 fully saturated rings. The summed E-state index contributed by atoms with van der Waals surface area (Å²) in [5, 5.41) is 16.6. The van der Waals surface area contributed by atoms with Gasteiger partial charge in [0.25, 0.3) is 17.5 Å². The predicted octanol–water partition coefficient (Wildman–Crippen LogP) is 5.43. The van der Waals surface area contributed by atoms with Gasteiger partial charge in [-0.1, -0.05) is 35.9 Å². The van der Waals surface area contributed by atoms with E-state index >= 15 is 0 Å². The highest BCUT2D eigenvalue weighted by Gasteiger charge is 2.18. The third-order valence-electron chi connectivity index (χ3n) is 4.41. The Bertz CT molecular complexity index is 1260. The molecule has 2 amide bonds. The number of methoxy groups -OCH3 is 1. The van der Waals surface area contributed by atoms with E-state index in [9.17, 15) is 19.7 Å².